The molecule has 0 fully saturated rings. The summed E-state index contributed by atoms with van der Waals surface area (Å²) in [6.07, 6.45) is -0.482. The lowest BCUT2D eigenvalue weighted by Crippen LogP contribution is -2.04. The molecule has 0 saturated heterocycles. The molecule has 168 valence electrons. The van der Waals surface area contributed by atoms with Crippen molar-refractivity contribution in [3.8, 4) is 22.8 Å². The van der Waals surface area contributed by atoms with Gasteiger partial charge in [0.05, 0.1) is 5.56 Å². The number of hydrogen-bond acceptors (Lipinski definition) is 8. The fourth-order valence-corrected chi connectivity index (χ4v) is 4.78. The molecule has 1 atom stereocenters. The summed E-state index contributed by atoms with van der Waals surface area (Å²) in [7, 11) is 1.55. The number of aromatic nitrogens is 7. The SMILES string of the molecule is CCC(CSc1nnc(-c2cn(C)nc2C(F)F)o1)Sc1n[nH]c(-c2ccc(F)cc2)n1. The number of thioether (sulfide) groups is 2. The lowest BCUT2D eigenvalue weighted by Gasteiger charge is -2.09. The van der Waals surface area contributed by atoms with Crippen LogP contribution in [0.25, 0.3) is 22.8 Å². The van der Waals surface area contributed by atoms with Crippen LogP contribution >= 0.6 is 23.5 Å². The average Bonchev–Trinajstić information content (AvgIpc) is 3.51. The van der Waals surface area contributed by atoms with Crippen LogP contribution in [0.2, 0.25) is 0 Å². The van der Waals surface area contributed by atoms with E-state index in [2.05, 4.69) is 30.5 Å². The smallest absolute Gasteiger partial charge is 0.282 e. The summed E-state index contributed by atoms with van der Waals surface area (Å²) in [5, 5.41) is 19.7. The molecule has 4 aromatic rings. The predicted octanol–water partition coefficient (Wildman–Crippen LogP) is 4.99. The van der Waals surface area contributed by atoms with Gasteiger partial charge in [-0.2, -0.15) is 5.10 Å². The molecule has 1 unspecified atom stereocenters. The van der Waals surface area contributed by atoms with Crippen LogP contribution in [0.3, 0.4) is 0 Å². The molecule has 0 aliphatic carbocycles. The first-order valence-corrected chi connectivity index (χ1v) is 11.4. The number of rotatable bonds is 9. The molecule has 32 heavy (non-hydrogen) atoms. The zero-order valence-electron chi connectivity index (χ0n) is 17.0. The fourth-order valence-electron chi connectivity index (χ4n) is 2.79. The second-order valence-electron chi connectivity index (χ2n) is 6.71. The molecule has 13 heteroatoms. The lowest BCUT2D eigenvalue weighted by atomic mass is 10.2. The van der Waals surface area contributed by atoms with Crippen molar-refractivity contribution in [2.75, 3.05) is 5.75 Å². The third-order valence-corrected chi connectivity index (χ3v) is 6.82. The van der Waals surface area contributed by atoms with E-state index in [1.54, 1.807) is 19.2 Å². The number of aryl methyl sites for hydroxylation is 1. The molecular formula is C19H18F3N7OS2. The van der Waals surface area contributed by atoms with Gasteiger partial charge in [0.25, 0.3) is 17.5 Å². The van der Waals surface area contributed by atoms with Gasteiger partial charge in [-0.25, -0.2) is 18.2 Å². The second-order valence-corrected chi connectivity index (χ2v) is 8.95. The van der Waals surface area contributed by atoms with Gasteiger partial charge in [-0.05, 0) is 30.7 Å². The summed E-state index contributed by atoms with van der Waals surface area (Å²) in [4.78, 5) is 4.46. The largest absolute Gasteiger partial charge is 0.411 e. The van der Waals surface area contributed by atoms with Crippen molar-refractivity contribution < 1.29 is 17.6 Å². The summed E-state index contributed by atoms with van der Waals surface area (Å²) in [6.45, 7) is 2.04. The number of H-pyrrole nitrogens is 1. The first-order valence-electron chi connectivity index (χ1n) is 9.56. The molecule has 0 bridgehead atoms. The van der Waals surface area contributed by atoms with Gasteiger partial charge in [0.1, 0.15) is 11.5 Å². The molecule has 0 spiro atoms. The topological polar surface area (TPSA) is 98.3 Å². The Labute approximate surface area is 189 Å². The quantitative estimate of drug-likeness (QED) is 0.334. The minimum atomic E-state index is -2.74. The molecule has 1 N–H and O–H groups in total. The maximum Gasteiger partial charge on any atom is 0.282 e. The Bertz CT molecular complexity index is 1180. The first-order chi connectivity index (χ1) is 15.4. The van der Waals surface area contributed by atoms with E-state index in [0.717, 1.165) is 12.0 Å². The fraction of sp³-hybridized carbons (Fsp3) is 0.316. The number of halogens is 3. The maximum atomic E-state index is 13.2. The Kier molecular flexibility index (Phi) is 6.84. The van der Waals surface area contributed by atoms with Crippen molar-refractivity contribution in [1.29, 1.82) is 0 Å². The van der Waals surface area contributed by atoms with Crippen LogP contribution in [-0.4, -0.2) is 46.2 Å². The monoisotopic (exact) mass is 481 g/mol. The highest BCUT2D eigenvalue weighted by Crippen LogP contribution is 2.33. The van der Waals surface area contributed by atoms with Crippen molar-refractivity contribution in [3.63, 3.8) is 0 Å². The number of hydrogen-bond donors (Lipinski definition) is 1. The predicted molar refractivity (Wildman–Crippen MR) is 114 cm³/mol. The van der Waals surface area contributed by atoms with Crippen LogP contribution in [0.4, 0.5) is 13.2 Å². The normalized spacial score (nSPS) is 12.6. The Balaban J connectivity index is 1.38. The van der Waals surface area contributed by atoms with E-state index in [1.807, 2.05) is 6.92 Å². The van der Waals surface area contributed by atoms with E-state index in [4.69, 9.17) is 4.42 Å². The number of nitrogens with one attached hydrogen (secondary N) is 1. The zero-order chi connectivity index (χ0) is 22.7. The molecule has 1 aromatic carbocycles. The van der Waals surface area contributed by atoms with Crippen molar-refractivity contribution in [3.05, 3.63) is 42.0 Å². The Morgan fingerprint density at radius 3 is 2.69 bits per heavy atom. The van der Waals surface area contributed by atoms with Gasteiger partial charge in [0, 0.05) is 29.8 Å². The van der Waals surface area contributed by atoms with Crippen LogP contribution in [-0.2, 0) is 7.05 Å². The van der Waals surface area contributed by atoms with Crippen LogP contribution in [0, 0.1) is 5.82 Å². The third kappa shape index (κ3) is 5.15. The summed E-state index contributed by atoms with van der Waals surface area (Å²) in [6, 6.07) is 5.99. The zero-order valence-corrected chi connectivity index (χ0v) is 18.6. The van der Waals surface area contributed by atoms with Crippen LogP contribution in [0.15, 0.2) is 45.3 Å². The number of alkyl halides is 2. The summed E-state index contributed by atoms with van der Waals surface area (Å²) >= 11 is 2.82. The van der Waals surface area contributed by atoms with Crippen LogP contribution in [0.1, 0.15) is 25.5 Å². The highest BCUT2D eigenvalue weighted by atomic mass is 32.2. The summed E-state index contributed by atoms with van der Waals surface area (Å²) in [5.74, 6) is 0.874. The molecule has 0 aliphatic rings. The third-order valence-electron chi connectivity index (χ3n) is 4.40. The van der Waals surface area contributed by atoms with Crippen LogP contribution < -0.4 is 0 Å². The molecule has 0 amide bonds. The minimum Gasteiger partial charge on any atom is -0.411 e. The minimum absolute atomic E-state index is 0.00880. The molecule has 8 nitrogen and oxygen atoms in total. The van der Waals surface area contributed by atoms with Crippen LogP contribution in [0.5, 0.6) is 0 Å². The number of aromatic amines is 1. The molecule has 0 saturated carbocycles. The number of nitrogens with zero attached hydrogens (tertiary/aromatic N) is 6. The molecule has 4 rings (SSSR count). The van der Waals surface area contributed by atoms with Gasteiger partial charge >= 0.3 is 0 Å². The van der Waals surface area contributed by atoms with E-state index < -0.39 is 12.1 Å². The van der Waals surface area contributed by atoms with Crippen molar-refractivity contribution in [1.82, 2.24) is 35.2 Å². The average molecular weight is 482 g/mol. The van der Waals surface area contributed by atoms with E-state index in [9.17, 15) is 13.2 Å². The summed E-state index contributed by atoms with van der Waals surface area (Å²) in [5.41, 5.74) is 0.471. The lowest BCUT2D eigenvalue weighted by molar-refractivity contribution is 0.145. The highest BCUT2D eigenvalue weighted by molar-refractivity contribution is 8.03. The number of benzene rings is 1. The van der Waals surface area contributed by atoms with E-state index in [1.165, 1.54) is 46.5 Å². The molecule has 3 heterocycles. The first kappa shape index (κ1) is 22.4. The van der Waals surface area contributed by atoms with Gasteiger partial charge in [-0.15, -0.1) is 15.3 Å². The van der Waals surface area contributed by atoms with E-state index >= 15 is 0 Å². The Hall–Kier alpha value is -2.80. The van der Waals surface area contributed by atoms with E-state index in [-0.39, 0.29) is 27.7 Å². The second kappa shape index (κ2) is 9.77. The van der Waals surface area contributed by atoms with Crippen molar-refractivity contribution in [2.24, 2.45) is 7.05 Å². The molecule has 3 aromatic heterocycles. The Morgan fingerprint density at radius 1 is 1.19 bits per heavy atom. The highest BCUT2D eigenvalue weighted by Gasteiger charge is 2.23. The Morgan fingerprint density at radius 2 is 1.97 bits per heavy atom. The van der Waals surface area contributed by atoms with Crippen molar-refractivity contribution >= 4 is 23.5 Å². The van der Waals surface area contributed by atoms with Gasteiger partial charge < -0.3 is 4.42 Å². The molecular weight excluding hydrogens is 463 g/mol. The van der Waals surface area contributed by atoms with Gasteiger partial charge in [0.15, 0.2) is 5.82 Å². The summed E-state index contributed by atoms with van der Waals surface area (Å²) < 4.78 is 46.3. The van der Waals surface area contributed by atoms with Gasteiger partial charge in [-0.3, -0.25) is 9.78 Å². The standard InChI is InChI=1S/C19H18F3N7OS2/c1-3-12(32-18-23-16(24-26-18)10-4-6-11(20)7-5-10)9-31-19-27-25-17(30-19)13-8-29(2)28-14(13)15(21)22/h4-8,12,15H,3,9H2,1-2H3,(H,23,24,26). The molecule has 0 radical (unpaired) electrons. The van der Waals surface area contributed by atoms with Crippen molar-refractivity contribution in [2.45, 2.75) is 35.4 Å². The maximum absolute atomic E-state index is 13.2. The molecule has 0 aliphatic heterocycles. The van der Waals surface area contributed by atoms with Gasteiger partial charge in [-0.1, -0.05) is 30.4 Å². The van der Waals surface area contributed by atoms with E-state index in [0.29, 0.717) is 16.7 Å². The van der Waals surface area contributed by atoms with Gasteiger partial charge in [0.2, 0.25) is 5.16 Å².